The molecule has 4 heteroatoms. The number of carbonyl (C=O) groups excluding carboxylic acids is 1. The fraction of sp³-hybridized carbons (Fsp3) is 0.188. The predicted octanol–water partition coefficient (Wildman–Crippen LogP) is 3.07. The van der Waals surface area contributed by atoms with Crippen LogP contribution in [-0.2, 0) is 6.54 Å². The average Bonchev–Trinajstić information content (AvgIpc) is 2.47. The van der Waals surface area contributed by atoms with Crippen LogP contribution in [0.3, 0.4) is 0 Å². The summed E-state index contributed by atoms with van der Waals surface area (Å²) in [6.07, 6.45) is 0. The van der Waals surface area contributed by atoms with E-state index >= 15 is 0 Å². The summed E-state index contributed by atoms with van der Waals surface area (Å²) in [7, 11) is 1.60. The average molecular weight is 273 g/mol. The van der Waals surface area contributed by atoms with Gasteiger partial charge in [-0.25, -0.2) is 4.39 Å². The Bertz CT molecular complexity index is 626. The lowest BCUT2D eigenvalue weighted by atomic mass is 10.1. The summed E-state index contributed by atoms with van der Waals surface area (Å²) in [5.74, 6) is 0.208. The van der Waals surface area contributed by atoms with Gasteiger partial charge in [0.25, 0.3) is 5.91 Å². The highest BCUT2D eigenvalue weighted by molar-refractivity contribution is 5.94. The van der Waals surface area contributed by atoms with Crippen molar-refractivity contribution in [2.45, 2.75) is 13.5 Å². The van der Waals surface area contributed by atoms with E-state index in [1.54, 1.807) is 14.0 Å². The van der Waals surface area contributed by atoms with Crippen molar-refractivity contribution < 1.29 is 13.9 Å². The molecular weight excluding hydrogens is 257 g/mol. The maximum atomic E-state index is 13.2. The maximum absolute atomic E-state index is 13.2. The highest BCUT2D eigenvalue weighted by Gasteiger charge is 2.07. The fourth-order valence-electron chi connectivity index (χ4n) is 1.85. The number of carbonyl (C=O) groups is 1. The molecule has 0 aliphatic rings. The van der Waals surface area contributed by atoms with Gasteiger partial charge >= 0.3 is 0 Å². The van der Waals surface area contributed by atoms with Gasteiger partial charge in [-0.05, 0) is 48.4 Å². The number of methoxy groups -OCH3 is 1. The molecule has 2 aromatic carbocycles. The number of halogens is 1. The topological polar surface area (TPSA) is 38.3 Å². The highest BCUT2D eigenvalue weighted by Crippen LogP contribution is 2.13. The van der Waals surface area contributed by atoms with Crippen molar-refractivity contribution in [1.82, 2.24) is 5.32 Å². The Balaban J connectivity index is 2.02. The van der Waals surface area contributed by atoms with Gasteiger partial charge in [-0.1, -0.05) is 12.1 Å². The van der Waals surface area contributed by atoms with Crippen LogP contribution in [0.5, 0.6) is 5.75 Å². The van der Waals surface area contributed by atoms with E-state index in [0.29, 0.717) is 17.7 Å². The van der Waals surface area contributed by atoms with Crippen molar-refractivity contribution in [2.24, 2.45) is 0 Å². The van der Waals surface area contributed by atoms with Crippen molar-refractivity contribution in [1.29, 1.82) is 0 Å². The van der Waals surface area contributed by atoms with E-state index in [1.165, 1.54) is 18.2 Å². The maximum Gasteiger partial charge on any atom is 0.251 e. The smallest absolute Gasteiger partial charge is 0.251 e. The summed E-state index contributed by atoms with van der Waals surface area (Å²) in [5, 5.41) is 2.80. The van der Waals surface area contributed by atoms with Gasteiger partial charge in [0.1, 0.15) is 11.6 Å². The molecule has 0 radical (unpaired) electrons. The number of hydrogen-bond donors (Lipinski definition) is 1. The van der Waals surface area contributed by atoms with E-state index in [0.717, 1.165) is 11.3 Å². The van der Waals surface area contributed by atoms with Gasteiger partial charge in [0.2, 0.25) is 0 Å². The Morgan fingerprint density at radius 2 is 2.05 bits per heavy atom. The molecule has 104 valence electrons. The lowest BCUT2D eigenvalue weighted by molar-refractivity contribution is 0.0950. The van der Waals surface area contributed by atoms with Gasteiger partial charge < -0.3 is 10.1 Å². The molecule has 0 atom stereocenters. The van der Waals surface area contributed by atoms with Gasteiger partial charge in [-0.2, -0.15) is 0 Å². The molecule has 0 bridgehead atoms. The first kappa shape index (κ1) is 14.1. The molecule has 2 rings (SSSR count). The molecule has 1 N–H and O–H groups in total. The first-order valence-electron chi connectivity index (χ1n) is 6.27. The molecule has 1 amide bonds. The Labute approximate surface area is 117 Å². The molecule has 0 saturated carbocycles. The van der Waals surface area contributed by atoms with Crippen molar-refractivity contribution in [2.75, 3.05) is 7.11 Å². The summed E-state index contributed by atoms with van der Waals surface area (Å²) in [6, 6.07) is 11.8. The summed E-state index contributed by atoms with van der Waals surface area (Å²) in [4.78, 5) is 12.0. The summed E-state index contributed by atoms with van der Waals surface area (Å²) in [6.45, 7) is 2.03. The normalized spacial score (nSPS) is 10.2. The van der Waals surface area contributed by atoms with Crippen molar-refractivity contribution in [3.05, 3.63) is 65.0 Å². The molecule has 20 heavy (non-hydrogen) atoms. The minimum Gasteiger partial charge on any atom is -0.497 e. The largest absolute Gasteiger partial charge is 0.497 e. The Morgan fingerprint density at radius 3 is 2.75 bits per heavy atom. The first-order chi connectivity index (χ1) is 9.60. The number of hydrogen-bond acceptors (Lipinski definition) is 2. The zero-order valence-corrected chi connectivity index (χ0v) is 11.4. The van der Waals surface area contributed by atoms with Crippen molar-refractivity contribution in [3.8, 4) is 5.75 Å². The van der Waals surface area contributed by atoms with Gasteiger partial charge in [0, 0.05) is 12.1 Å². The van der Waals surface area contributed by atoms with E-state index in [1.807, 2.05) is 24.3 Å². The SMILES string of the molecule is COc1cccc(CNC(=O)c2ccc(F)c(C)c2)c1. The lowest BCUT2D eigenvalue weighted by Gasteiger charge is -2.07. The molecule has 0 aliphatic carbocycles. The molecule has 0 saturated heterocycles. The van der Waals surface area contributed by atoms with E-state index in [9.17, 15) is 9.18 Å². The molecule has 0 aliphatic heterocycles. The number of ether oxygens (including phenoxy) is 1. The number of rotatable bonds is 4. The van der Waals surface area contributed by atoms with Gasteiger partial charge in [0.05, 0.1) is 7.11 Å². The van der Waals surface area contributed by atoms with Gasteiger partial charge in [-0.15, -0.1) is 0 Å². The van der Waals surface area contributed by atoms with Crippen LogP contribution in [0.2, 0.25) is 0 Å². The van der Waals surface area contributed by atoms with Crippen LogP contribution < -0.4 is 10.1 Å². The van der Waals surface area contributed by atoms with Crippen LogP contribution in [0.4, 0.5) is 4.39 Å². The molecule has 0 heterocycles. The third-order valence-corrected chi connectivity index (χ3v) is 3.01. The Morgan fingerprint density at radius 1 is 1.25 bits per heavy atom. The number of aryl methyl sites for hydroxylation is 1. The molecular formula is C16H16FNO2. The lowest BCUT2D eigenvalue weighted by Crippen LogP contribution is -2.22. The zero-order chi connectivity index (χ0) is 14.5. The third kappa shape index (κ3) is 3.35. The second-order valence-corrected chi connectivity index (χ2v) is 4.50. The Kier molecular flexibility index (Phi) is 4.35. The van der Waals surface area contributed by atoms with Crippen LogP contribution in [0.25, 0.3) is 0 Å². The second-order valence-electron chi connectivity index (χ2n) is 4.50. The molecule has 0 unspecified atom stereocenters. The van der Waals surface area contributed by atoms with Crippen LogP contribution in [0, 0.1) is 12.7 Å². The second kappa shape index (κ2) is 6.19. The molecule has 0 spiro atoms. The van der Waals surface area contributed by atoms with Crippen molar-refractivity contribution >= 4 is 5.91 Å². The van der Waals surface area contributed by atoms with Crippen LogP contribution >= 0.6 is 0 Å². The monoisotopic (exact) mass is 273 g/mol. The molecule has 3 nitrogen and oxygen atoms in total. The third-order valence-electron chi connectivity index (χ3n) is 3.01. The molecule has 2 aromatic rings. The standard InChI is InChI=1S/C16H16FNO2/c1-11-8-13(6-7-15(11)17)16(19)18-10-12-4-3-5-14(9-12)20-2/h3-9H,10H2,1-2H3,(H,18,19). The van der Waals surface area contributed by atoms with Crippen LogP contribution in [-0.4, -0.2) is 13.0 Å². The van der Waals surface area contributed by atoms with Crippen molar-refractivity contribution in [3.63, 3.8) is 0 Å². The number of benzene rings is 2. The van der Waals surface area contributed by atoms with Crippen LogP contribution in [0.1, 0.15) is 21.5 Å². The summed E-state index contributed by atoms with van der Waals surface area (Å²) >= 11 is 0. The molecule has 0 aromatic heterocycles. The van der Waals surface area contributed by atoms with E-state index in [2.05, 4.69) is 5.32 Å². The highest BCUT2D eigenvalue weighted by atomic mass is 19.1. The minimum atomic E-state index is -0.311. The summed E-state index contributed by atoms with van der Waals surface area (Å²) in [5.41, 5.74) is 1.85. The van der Waals surface area contributed by atoms with Gasteiger partial charge in [-0.3, -0.25) is 4.79 Å². The fourth-order valence-corrected chi connectivity index (χ4v) is 1.85. The van der Waals surface area contributed by atoms with E-state index in [4.69, 9.17) is 4.74 Å². The van der Waals surface area contributed by atoms with Gasteiger partial charge in [0.15, 0.2) is 0 Å². The first-order valence-corrected chi connectivity index (χ1v) is 6.27. The van der Waals surface area contributed by atoms with E-state index < -0.39 is 0 Å². The van der Waals surface area contributed by atoms with E-state index in [-0.39, 0.29) is 11.7 Å². The van der Waals surface area contributed by atoms with Crippen LogP contribution in [0.15, 0.2) is 42.5 Å². The zero-order valence-electron chi connectivity index (χ0n) is 11.4. The summed E-state index contributed by atoms with van der Waals surface area (Å²) < 4.78 is 18.3. The Hall–Kier alpha value is -2.36. The quantitative estimate of drug-likeness (QED) is 0.929. The molecule has 0 fully saturated rings. The number of amides is 1. The number of nitrogens with one attached hydrogen (secondary N) is 1. The minimum absolute atomic E-state index is 0.226. The predicted molar refractivity (Wildman–Crippen MR) is 75.3 cm³/mol.